The van der Waals surface area contributed by atoms with Crippen molar-refractivity contribution in [3.8, 4) is 0 Å². The topological polar surface area (TPSA) is 144 Å². The van der Waals surface area contributed by atoms with Crippen LogP contribution in [0.25, 0.3) is 0 Å². The molecule has 1 N–H and O–H groups in total. The normalized spacial score (nSPS) is 24.2. The molecule has 1 heterocycles. The zero-order valence-electron chi connectivity index (χ0n) is 18.4. The second kappa shape index (κ2) is 11.6. The van der Waals surface area contributed by atoms with Gasteiger partial charge in [-0.15, -0.1) is 0 Å². The molecule has 0 bridgehead atoms. The van der Waals surface area contributed by atoms with Crippen molar-refractivity contribution in [2.75, 3.05) is 6.61 Å². The number of carbonyl (C=O) groups is 5. The minimum absolute atomic E-state index is 0.202. The van der Waals surface area contributed by atoms with Gasteiger partial charge in [-0.2, -0.15) is 0 Å². The van der Waals surface area contributed by atoms with Crippen molar-refractivity contribution in [3.63, 3.8) is 0 Å². The molecule has 0 spiro atoms. The van der Waals surface area contributed by atoms with Crippen LogP contribution >= 0.6 is 11.6 Å². The Morgan fingerprint density at radius 3 is 1.91 bits per heavy atom. The summed E-state index contributed by atoms with van der Waals surface area (Å²) in [6, 6.07) is 4.63. The second-order valence-electron chi connectivity index (χ2n) is 7.11. The Balaban J connectivity index is 2.44. The number of ether oxygens (including phenoxy) is 5. The predicted molar refractivity (Wildman–Crippen MR) is 111 cm³/mol. The molecular weight excluding hydrogens is 462 g/mol. The van der Waals surface area contributed by atoms with E-state index in [1.54, 1.807) is 0 Å². The van der Waals surface area contributed by atoms with Gasteiger partial charge in [0.25, 0.3) is 5.91 Å². The van der Waals surface area contributed by atoms with Gasteiger partial charge in [0, 0.05) is 38.3 Å². The zero-order chi connectivity index (χ0) is 24.7. The summed E-state index contributed by atoms with van der Waals surface area (Å²) in [7, 11) is 0. The highest BCUT2D eigenvalue weighted by Crippen LogP contribution is 2.28. The Hall–Kier alpha value is -3.18. The number of benzene rings is 1. The zero-order valence-corrected chi connectivity index (χ0v) is 19.1. The average Bonchev–Trinajstić information content (AvgIpc) is 2.70. The lowest BCUT2D eigenvalue weighted by Gasteiger charge is -2.44. The molecule has 11 nitrogen and oxygen atoms in total. The number of halogens is 1. The summed E-state index contributed by atoms with van der Waals surface area (Å²) < 4.78 is 26.5. The first-order valence-corrected chi connectivity index (χ1v) is 10.2. The van der Waals surface area contributed by atoms with Gasteiger partial charge in [-0.05, 0) is 24.3 Å². The van der Waals surface area contributed by atoms with Crippen molar-refractivity contribution in [2.24, 2.45) is 0 Å². The van der Waals surface area contributed by atoms with Crippen molar-refractivity contribution < 1.29 is 47.7 Å². The summed E-state index contributed by atoms with van der Waals surface area (Å²) in [6.07, 6.45) is -5.28. The summed E-state index contributed by atoms with van der Waals surface area (Å²) in [5.74, 6) is -3.55. The molecule has 12 heteroatoms. The number of rotatable bonds is 7. The fraction of sp³-hybridized carbons (Fsp3) is 0.476. The maximum absolute atomic E-state index is 12.8. The van der Waals surface area contributed by atoms with Crippen LogP contribution in [0, 0.1) is 0 Å². The van der Waals surface area contributed by atoms with Crippen LogP contribution in [0.2, 0.25) is 5.02 Å². The summed E-state index contributed by atoms with van der Waals surface area (Å²) in [5, 5.41) is 3.00. The van der Waals surface area contributed by atoms with E-state index in [-0.39, 0.29) is 5.56 Å². The largest absolute Gasteiger partial charge is 0.463 e. The van der Waals surface area contributed by atoms with Crippen molar-refractivity contribution in [1.82, 2.24) is 5.32 Å². The Labute approximate surface area is 194 Å². The fourth-order valence-electron chi connectivity index (χ4n) is 3.16. The van der Waals surface area contributed by atoms with E-state index in [1.807, 2.05) is 0 Å². The molecule has 0 radical (unpaired) electrons. The molecular formula is C21H24ClNO10. The van der Waals surface area contributed by atoms with E-state index in [0.717, 1.165) is 27.7 Å². The van der Waals surface area contributed by atoms with Crippen LogP contribution in [0.1, 0.15) is 38.1 Å². The first-order chi connectivity index (χ1) is 15.5. The third-order valence-corrected chi connectivity index (χ3v) is 4.64. The third kappa shape index (κ3) is 7.72. The minimum atomic E-state index is -1.46. The van der Waals surface area contributed by atoms with Crippen LogP contribution in [-0.2, 0) is 42.9 Å². The van der Waals surface area contributed by atoms with E-state index < -0.39 is 67.0 Å². The summed E-state index contributed by atoms with van der Waals surface area (Å²) in [4.78, 5) is 59.5. The maximum Gasteiger partial charge on any atom is 0.305 e. The van der Waals surface area contributed by atoms with Gasteiger partial charge in [-0.3, -0.25) is 24.0 Å². The maximum atomic E-state index is 12.8. The average molecular weight is 486 g/mol. The van der Waals surface area contributed by atoms with Crippen molar-refractivity contribution in [3.05, 3.63) is 34.9 Å². The van der Waals surface area contributed by atoms with Gasteiger partial charge < -0.3 is 29.0 Å². The van der Waals surface area contributed by atoms with Crippen LogP contribution in [0.4, 0.5) is 0 Å². The number of hydrogen-bond donors (Lipinski definition) is 1. The van der Waals surface area contributed by atoms with E-state index in [9.17, 15) is 24.0 Å². The van der Waals surface area contributed by atoms with Crippen molar-refractivity contribution in [2.45, 2.75) is 58.3 Å². The fourth-order valence-corrected chi connectivity index (χ4v) is 3.28. The highest BCUT2D eigenvalue weighted by atomic mass is 35.5. The van der Waals surface area contributed by atoms with Crippen LogP contribution in [0.15, 0.2) is 24.3 Å². The molecule has 1 saturated heterocycles. The molecule has 1 amide bonds. The van der Waals surface area contributed by atoms with Gasteiger partial charge in [0.15, 0.2) is 12.2 Å². The van der Waals surface area contributed by atoms with Crippen LogP contribution in [0.5, 0.6) is 0 Å². The number of esters is 4. The lowest BCUT2D eigenvalue weighted by atomic mass is 9.95. The molecule has 0 aliphatic carbocycles. The molecule has 33 heavy (non-hydrogen) atoms. The summed E-state index contributed by atoms with van der Waals surface area (Å²) >= 11 is 5.85. The Morgan fingerprint density at radius 2 is 1.39 bits per heavy atom. The van der Waals surface area contributed by atoms with Crippen molar-refractivity contribution >= 4 is 41.4 Å². The molecule has 1 fully saturated rings. The van der Waals surface area contributed by atoms with E-state index in [4.69, 9.17) is 35.3 Å². The number of hydrogen-bond acceptors (Lipinski definition) is 10. The van der Waals surface area contributed by atoms with E-state index in [2.05, 4.69) is 5.32 Å². The lowest BCUT2D eigenvalue weighted by molar-refractivity contribution is -0.270. The standard InChI is InChI=1S/C21H24ClNO10/c1-10(24)29-9-16-18(30-11(2)25)19(31-12(3)26)17(21(33-16)32-13(4)27)23-20(28)14-5-7-15(22)8-6-14/h5-8,16-19,21H,9H2,1-4H3,(H,23,28)/t16-,17+,18-,19-,21-/m0/s1. The van der Waals surface area contributed by atoms with Crippen LogP contribution in [0.3, 0.4) is 0 Å². The van der Waals surface area contributed by atoms with E-state index >= 15 is 0 Å². The van der Waals surface area contributed by atoms with Gasteiger partial charge in [-0.1, -0.05) is 11.6 Å². The van der Waals surface area contributed by atoms with Gasteiger partial charge in [-0.25, -0.2) is 0 Å². The third-order valence-electron chi connectivity index (χ3n) is 4.39. The molecule has 0 aromatic heterocycles. The highest BCUT2D eigenvalue weighted by molar-refractivity contribution is 6.30. The molecule has 1 aromatic carbocycles. The minimum Gasteiger partial charge on any atom is -0.463 e. The number of carbonyl (C=O) groups excluding carboxylic acids is 5. The van der Waals surface area contributed by atoms with E-state index in [0.29, 0.717) is 5.02 Å². The smallest absolute Gasteiger partial charge is 0.305 e. The molecule has 1 aliphatic rings. The lowest BCUT2D eigenvalue weighted by Crippen LogP contribution is -2.67. The quantitative estimate of drug-likeness (QED) is 0.441. The van der Waals surface area contributed by atoms with Gasteiger partial charge in [0.05, 0.1) is 0 Å². The first-order valence-electron chi connectivity index (χ1n) is 9.84. The summed E-state index contributed by atoms with van der Waals surface area (Å²) in [6.45, 7) is 4.10. The molecule has 180 valence electrons. The Morgan fingerprint density at radius 1 is 0.848 bits per heavy atom. The predicted octanol–water partition coefficient (Wildman–Crippen LogP) is 1.15. The molecule has 5 atom stereocenters. The van der Waals surface area contributed by atoms with Crippen LogP contribution in [-0.4, -0.2) is 67.0 Å². The van der Waals surface area contributed by atoms with E-state index in [1.165, 1.54) is 24.3 Å². The SMILES string of the molecule is CC(=O)OC[C@@H]1O[C@H](OC(C)=O)[C@H](NC(=O)c2ccc(Cl)cc2)[C@H](OC(C)=O)[C@H]1OC(C)=O. The molecule has 0 saturated carbocycles. The van der Waals surface area contributed by atoms with Crippen molar-refractivity contribution in [1.29, 1.82) is 0 Å². The van der Waals surface area contributed by atoms with Crippen LogP contribution < -0.4 is 5.32 Å². The van der Waals surface area contributed by atoms with Gasteiger partial charge >= 0.3 is 23.9 Å². The first kappa shape index (κ1) is 26.1. The van der Waals surface area contributed by atoms with Gasteiger partial charge in [0.2, 0.25) is 6.29 Å². The number of nitrogens with one attached hydrogen (secondary N) is 1. The van der Waals surface area contributed by atoms with Gasteiger partial charge in [0.1, 0.15) is 18.8 Å². The highest BCUT2D eigenvalue weighted by Gasteiger charge is 2.52. The Bertz CT molecular complexity index is 903. The molecule has 0 unspecified atom stereocenters. The second-order valence-corrected chi connectivity index (χ2v) is 7.55. The Kier molecular flexibility index (Phi) is 9.18. The monoisotopic (exact) mass is 485 g/mol. The summed E-state index contributed by atoms with van der Waals surface area (Å²) in [5.41, 5.74) is 0.202. The number of amides is 1. The molecule has 1 aromatic rings. The molecule has 1 aliphatic heterocycles. The molecule has 2 rings (SSSR count).